The van der Waals surface area contributed by atoms with Crippen molar-refractivity contribution >= 4 is 17.5 Å². The summed E-state index contributed by atoms with van der Waals surface area (Å²) in [6.07, 6.45) is 2.92. The smallest absolute Gasteiger partial charge is 0.262 e. The van der Waals surface area contributed by atoms with Gasteiger partial charge in [-0.15, -0.1) is 0 Å². The van der Waals surface area contributed by atoms with Crippen LogP contribution in [0.3, 0.4) is 0 Å². The van der Waals surface area contributed by atoms with E-state index in [9.17, 15) is 9.59 Å². The van der Waals surface area contributed by atoms with E-state index in [1.54, 1.807) is 24.3 Å². The first-order valence-electron chi connectivity index (χ1n) is 10.1. The second kappa shape index (κ2) is 9.27. The average Bonchev–Trinajstić information content (AvgIpc) is 3.58. The van der Waals surface area contributed by atoms with Crippen molar-refractivity contribution in [1.29, 1.82) is 0 Å². The van der Waals surface area contributed by atoms with Gasteiger partial charge in [-0.05, 0) is 60.7 Å². The third-order valence-corrected chi connectivity index (χ3v) is 4.87. The highest BCUT2D eigenvalue weighted by Gasteiger charge is 2.23. The molecule has 1 saturated carbocycles. The van der Waals surface area contributed by atoms with E-state index in [-0.39, 0.29) is 18.4 Å². The molecule has 0 bridgehead atoms. The van der Waals surface area contributed by atoms with Crippen LogP contribution < -0.4 is 15.4 Å². The Balaban J connectivity index is 1.27. The molecule has 0 aromatic heterocycles. The van der Waals surface area contributed by atoms with Crippen LogP contribution in [0.1, 0.15) is 34.3 Å². The van der Waals surface area contributed by atoms with Gasteiger partial charge in [0.15, 0.2) is 6.61 Å². The first-order chi connectivity index (χ1) is 14.7. The van der Waals surface area contributed by atoms with Crippen LogP contribution in [0.5, 0.6) is 5.75 Å². The SMILES string of the molecule is O=C(COc1ccc(Cc2ccccc2)cc1)Nc1cccc(C(=O)NC2CC2)c1. The monoisotopic (exact) mass is 400 g/mol. The van der Waals surface area contributed by atoms with Crippen LogP contribution in [0.2, 0.25) is 0 Å². The van der Waals surface area contributed by atoms with E-state index < -0.39 is 0 Å². The molecule has 0 atom stereocenters. The maximum atomic E-state index is 12.2. The maximum absolute atomic E-state index is 12.2. The van der Waals surface area contributed by atoms with Gasteiger partial charge in [-0.1, -0.05) is 48.5 Å². The number of ether oxygens (including phenoxy) is 1. The lowest BCUT2D eigenvalue weighted by Crippen LogP contribution is -2.25. The van der Waals surface area contributed by atoms with E-state index in [0.717, 1.165) is 19.3 Å². The molecule has 1 aliphatic carbocycles. The molecule has 0 aliphatic heterocycles. The molecule has 3 aromatic rings. The molecule has 2 amide bonds. The number of carbonyl (C=O) groups excluding carboxylic acids is 2. The van der Waals surface area contributed by atoms with Gasteiger partial charge in [-0.3, -0.25) is 9.59 Å². The predicted octanol–water partition coefficient (Wildman–Crippen LogP) is 4.19. The maximum Gasteiger partial charge on any atom is 0.262 e. The van der Waals surface area contributed by atoms with Crippen LogP contribution in [-0.2, 0) is 11.2 Å². The Bertz CT molecular complexity index is 1010. The number of benzene rings is 3. The molecule has 5 nitrogen and oxygen atoms in total. The van der Waals surface area contributed by atoms with Crippen molar-refractivity contribution in [2.45, 2.75) is 25.3 Å². The minimum absolute atomic E-state index is 0.101. The van der Waals surface area contributed by atoms with E-state index in [1.807, 2.05) is 42.5 Å². The van der Waals surface area contributed by atoms with Crippen LogP contribution >= 0.6 is 0 Å². The molecule has 1 fully saturated rings. The van der Waals surface area contributed by atoms with Crippen molar-refractivity contribution in [1.82, 2.24) is 5.32 Å². The third kappa shape index (κ3) is 5.70. The third-order valence-electron chi connectivity index (χ3n) is 4.87. The Morgan fingerprint density at radius 1 is 0.867 bits per heavy atom. The summed E-state index contributed by atoms with van der Waals surface area (Å²) in [7, 11) is 0. The number of carbonyl (C=O) groups is 2. The summed E-state index contributed by atoms with van der Waals surface area (Å²) in [6.45, 7) is -0.101. The number of nitrogens with one attached hydrogen (secondary N) is 2. The van der Waals surface area contributed by atoms with Gasteiger partial charge in [-0.25, -0.2) is 0 Å². The second-order valence-corrected chi connectivity index (χ2v) is 7.47. The molecule has 1 aliphatic rings. The van der Waals surface area contributed by atoms with Crippen molar-refractivity contribution in [2.75, 3.05) is 11.9 Å². The number of hydrogen-bond acceptors (Lipinski definition) is 3. The van der Waals surface area contributed by atoms with E-state index in [2.05, 4.69) is 22.8 Å². The molecule has 0 unspecified atom stereocenters. The number of hydrogen-bond donors (Lipinski definition) is 2. The van der Waals surface area contributed by atoms with Crippen LogP contribution in [0, 0.1) is 0 Å². The Hall–Kier alpha value is -3.60. The van der Waals surface area contributed by atoms with Gasteiger partial charge in [0.05, 0.1) is 0 Å². The van der Waals surface area contributed by atoms with Crippen molar-refractivity contribution < 1.29 is 14.3 Å². The second-order valence-electron chi connectivity index (χ2n) is 7.47. The minimum Gasteiger partial charge on any atom is -0.484 e. The molecule has 0 saturated heterocycles. The quantitative estimate of drug-likeness (QED) is 0.596. The van der Waals surface area contributed by atoms with E-state index >= 15 is 0 Å². The lowest BCUT2D eigenvalue weighted by Gasteiger charge is -2.10. The number of anilines is 1. The van der Waals surface area contributed by atoms with E-state index in [1.165, 1.54) is 11.1 Å². The molecule has 152 valence electrons. The molecule has 4 rings (SSSR count). The first kappa shape index (κ1) is 19.7. The Morgan fingerprint density at radius 3 is 2.33 bits per heavy atom. The van der Waals surface area contributed by atoms with Crippen molar-refractivity contribution in [2.24, 2.45) is 0 Å². The van der Waals surface area contributed by atoms with Gasteiger partial charge in [0.1, 0.15) is 5.75 Å². The molecular weight excluding hydrogens is 376 g/mol. The summed E-state index contributed by atoms with van der Waals surface area (Å²) in [5.41, 5.74) is 3.54. The molecule has 0 radical (unpaired) electrons. The Kier molecular flexibility index (Phi) is 6.09. The standard InChI is InChI=1S/C25H24N2O3/c28-24(26-22-8-4-7-20(16-22)25(29)27-21-11-12-21)17-30-23-13-9-19(10-14-23)15-18-5-2-1-3-6-18/h1-10,13-14,16,21H,11-12,15,17H2,(H,26,28)(H,27,29). The van der Waals surface area contributed by atoms with Crippen LogP contribution in [0.25, 0.3) is 0 Å². The Labute approximate surface area is 176 Å². The zero-order chi connectivity index (χ0) is 20.8. The highest BCUT2D eigenvalue weighted by molar-refractivity contribution is 5.97. The minimum atomic E-state index is -0.275. The Morgan fingerprint density at radius 2 is 1.60 bits per heavy atom. The lowest BCUT2D eigenvalue weighted by molar-refractivity contribution is -0.118. The molecule has 3 aromatic carbocycles. The van der Waals surface area contributed by atoms with E-state index in [4.69, 9.17) is 4.74 Å². The largest absolute Gasteiger partial charge is 0.484 e. The summed E-state index contributed by atoms with van der Waals surface area (Å²) in [6, 6.07) is 25.2. The highest BCUT2D eigenvalue weighted by Crippen LogP contribution is 2.20. The van der Waals surface area contributed by atoms with E-state index in [0.29, 0.717) is 23.0 Å². The van der Waals surface area contributed by atoms with Gasteiger partial charge in [0, 0.05) is 17.3 Å². The summed E-state index contributed by atoms with van der Waals surface area (Å²) in [5.74, 6) is 0.253. The fraction of sp³-hybridized carbons (Fsp3) is 0.200. The van der Waals surface area contributed by atoms with Crippen LogP contribution in [0.4, 0.5) is 5.69 Å². The summed E-state index contributed by atoms with van der Waals surface area (Å²) >= 11 is 0. The van der Waals surface area contributed by atoms with Gasteiger partial charge < -0.3 is 15.4 Å². The molecule has 0 spiro atoms. The lowest BCUT2D eigenvalue weighted by atomic mass is 10.1. The highest BCUT2D eigenvalue weighted by atomic mass is 16.5. The van der Waals surface area contributed by atoms with Crippen molar-refractivity contribution in [3.05, 3.63) is 95.6 Å². The fourth-order valence-electron chi connectivity index (χ4n) is 3.12. The molecule has 2 N–H and O–H groups in total. The number of rotatable bonds is 8. The van der Waals surface area contributed by atoms with Gasteiger partial charge >= 0.3 is 0 Å². The van der Waals surface area contributed by atoms with Gasteiger partial charge in [0.2, 0.25) is 0 Å². The average molecular weight is 400 g/mol. The van der Waals surface area contributed by atoms with Crippen molar-refractivity contribution in [3.8, 4) is 5.75 Å². The summed E-state index contributed by atoms with van der Waals surface area (Å²) in [4.78, 5) is 24.4. The fourth-order valence-corrected chi connectivity index (χ4v) is 3.12. The number of amides is 2. The van der Waals surface area contributed by atoms with Crippen LogP contribution in [-0.4, -0.2) is 24.5 Å². The molecular formula is C25H24N2O3. The zero-order valence-corrected chi connectivity index (χ0v) is 16.6. The molecule has 5 heteroatoms. The molecule has 0 heterocycles. The topological polar surface area (TPSA) is 67.4 Å². The normalized spacial score (nSPS) is 12.8. The molecule has 30 heavy (non-hydrogen) atoms. The first-order valence-corrected chi connectivity index (χ1v) is 10.1. The van der Waals surface area contributed by atoms with Crippen LogP contribution in [0.15, 0.2) is 78.9 Å². The van der Waals surface area contributed by atoms with Crippen molar-refractivity contribution in [3.63, 3.8) is 0 Å². The van der Waals surface area contributed by atoms with Gasteiger partial charge in [0.25, 0.3) is 11.8 Å². The summed E-state index contributed by atoms with van der Waals surface area (Å²) < 4.78 is 5.59. The predicted molar refractivity (Wildman–Crippen MR) is 117 cm³/mol. The summed E-state index contributed by atoms with van der Waals surface area (Å²) in [5, 5.41) is 5.72. The van der Waals surface area contributed by atoms with Gasteiger partial charge in [-0.2, -0.15) is 0 Å². The zero-order valence-electron chi connectivity index (χ0n) is 16.6.